The minimum absolute atomic E-state index is 0.495. The molecule has 3 nitrogen and oxygen atoms in total. The van der Waals surface area contributed by atoms with Gasteiger partial charge >= 0.3 is 7.12 Å². The van der Waals surface area contributed by atoms with Gasteiger partial charge in [0.2, 0.25) is 0 Å². The van der Waals surface area contributed by atoms with Crippen LogP contribution in [0.25, 0.3) is 0 Å². The van der Waals surface area contributed by atoms with Gasteiger partial charge in [0, 0.05) is 6.42 Å². The van der Waals surface area contributed by atoms with Gasteiger partial charge in [0.1, 0.15) is 0 Å². The van der Waals surface area contributed by atoms with E-state index < -0.39 is 7.12 Å². The van der Waals surface area contributed by atoms with E-state index in [0.717, 1.165) is 23.4 Å². The van der Waals surface area contributed by atoms with Crippen molar-refractivity contribution < 1.29 is 10.0 Å². The Kier molecular flexibility index (Phi) is 2.74. The highest BCUT2D eigenvalue weighted by atomic mass is 16.4. The Labute approximate surface area is 106 Å². The molecule has 1 aliphatic rings. The van der Waals surface area contributed by atoms with Gasteiger partial charge in [-0.3, -0.25) is 4.99 Å². The van der Waals surface area contributed by atoms with Crippen LogP contribution < -0.4 is 5.46 Å². The molecule has 0 spiro atoms. The normalized spacial score (nSPS) is 13.1. The fraction of sp³-hybridized carbons (Fsp3) is 0.0714. The van der Waals surface area contributed by atoms with Crippen molar-refractivity contribution in [1.29, 1.82) is 0 Å². The van der Waals surface area contributed by atoms with Gasteiger partial charge in [0.25, 0.3) is 0 Å². The molecular weight excluding hydrogens is 225 g/mol. The fourth-order valence-electron chi connectivity index (χ4n) is 2.15. The molecule has 2 N–H and O–H groups in total. The predicted molar refractivity (Wildman–Crippen MR) is 72.6 cm³/mol. The zero-order valence-electron chi connectivity index (χ0n) is 9.74. The summed E-state index contributed by atoms with van der Waals surface area (Å²) in [4.78, 5) is 4.59. The molecule has 18 heavy (non-hydrogen) atoms. The zero-order chi connectivity index (χ0) is 12.5. The molecule has 0 radical (unpaired) electrons. The van der Waals surface area contributed by atoms with Crippen LogP contribution in [0.2, 0.25) is 0 Å². The first kappa shape index (κ1) is 11.2. The van der Waals surface area contributed by atoms with Crippen molar-refractivity contribution in [3.8, 4) is 0 Å². The Morgan fingerprint density at radius 2 is 1.67 bits per heavy atom. The third-order valence-corrected chi connectivity index (χ3v) is 3.15. The second-order valence-corrected chi connectivity index (χ2v) is 4.36. The van der Waals surface area contributed by atoms with E-state index in [9.17, 15) is 0 Å². The number of aliphatic imine (C=N–C) groups is 1. The van der Waals surface area contributed by atoms with E-state index in [2.05, 4.69) is 11.1 Å². The van der Waals surface area contributed by atoms with Crippen LogP contribution in [0.1, 0.15) is 11.1 Å². The number of nitrogens with zero attached hydrogens (tertiary/aromatic N) is 1. The van der Waals surface area contributed by atoms with E-state index in [0.29, 0.717) is 5.46 Å². The van der Waals surface area contributed by atoms with Crippen molar-refractivity contribution in [3.05, 3.63) is 59.7 Å². The summed E-state index contributed by atoms with van der Waals surface area (Å²) in [6.45, 7) is 0. The summed E-state index contributed by atoms with van der Waals surface area (Å²) in [5.74, 6) is 0. The summed E-state index contributed by atoms with van der Waals surface area (Å²) in [7, 11) is -1.42. The average Bonchev–Trinajstić information content (AvgIpc) is 2.82. The molecule has 0 fully saturated rings. The number of para-hydroxylation sites is 1. The maximum Gasteiger partial charge on any atom is 0.488 e. The molecule has 0 saturated carbocycles. The molecule has 0 atom stereocenters. The quantitative estimate of drug-likeness (QED) is 0.767. The molecule has 0 aromatic heterocycles. The van der Waals surface area contributed by atoms with Gasteiger partial charge in [-0.15, -0.1) is 0 Å². The van der Waals surface area contributed by atoms with E-state index >= 15 is 0 Å². The first-order chi connectivity index (χ1) is 8.74. The van der Waals surface area contributed by atoms with E-state index in [4.69, 9.17) is 10.0 Å². The zero-order valence-corrected chi connectivity index (χ0v) is 9.74. The Morgan fingerprint density at radius 1 is 0.944 bits per heavy atom. The van der Waals surface area contributed by atoms with Crippen LogP contribution in [0.15, 0.2) is 53.5 Å². The lowest BCUT2D eigenvalue weighted by molar-refractivity contribution is 0.426. The first-order valence-corrected chi connectivity index (χ1v) is 5.86. The Morgan fingerprint density at radius 3 is 2.33 bits per heavy atom. The lowest BCUT2D eigenvalue weighted by atomic mass is 9.80. The Bertz CT molecular complexity index is 605. The Balaban J connectivity index is 1.90. The number of fused-ring (bicyclic) bond motifs is 1. The molecule has 3 rings (SSSR count). The van der Waals surface area contributed by atoms with Crippen LogP contribution in [0.5, 0.6) is 0 Å². The van der Waals surface area contributed by atoms with Crippen LogP contribution in [-0.2, 0) is 6.42 Å². The van der Waals surface area contributed by atoms with E-state index in [1.807, 2.05) is 30.3 Å². The van der Waals surface area contributed by atoms with Gasteiger partial charge in [-0.25, -0.2) is 0 Å². The van der Waals surface area contributed by atoms with Crippen LogP contribution in [0.3, 0.4) is 0 Å². The van der Waals surface area contributed by atoms with Crippen molar-refractivity contribution in [2.75, 3.05) is 0 Å². The number of hydrogen-bond donors (Lipinski definition) is 2. The summed E-state index contributed by atoms with van der Waals surface area (Å²) >= 11 is 0. The third-order valence-electron chi connectivity index (χ3n) is 3.15. The second-order valence-electron chi connectivity index (χ2n) is 4.36. The van der Waals surface area contributed by atoms with Crippen LogP contribution >= 0.6 is 0 Å². The van der Waals surface area contributed by atoms with Gasteiger partial charge in [-0.05, 0) is 22.7 Å². The van der Waals surface area contributed by atoms with Gasteiger partial charge in [0.15, 0.2) is 0 Å². The number of benzene rings is 2. The highest BCUT2D eigenvalue weighted by molar-refractivity contribution is 6.58. The maximum atomic E-state index is 9.05. The topological polar surface area (TPSA) is 52.8 Å². The second kappa shape index (κ2) is 4.40. The molecule has 88 valence electrons. The van der Waals surface area contributed by atoms with Crippen LogP contribution in [-0.4, -0.2) is 22.9 Å². The Hall–Kier alpha value is -1.91. The molecular formula is C14H12BNO2. The maximum absolute atomic E-state index is 9.05. The van der Waals surface area contributed by atoms with Crippen molar-refractivity contribution >= 4 is 24.0 Å². The molecule has 2 aromatic rings. The van der Waals surface area contributed by atoms with E-state index in [1.165, 1.54) is 5.56 Å². The summed E-state index contributed by atoms with van der Waals surface area (Å²) < 4.78 is 0. The number of hydrogen-bond acceptors (Lipinski definition) is 3. The standard InChI is InChI=1S/C14H12BNO2/c17-15(18)12-7-5-10(6-8-12)14-9-11-3-1-2-4-13(11)16-14/h1-8,17-18H,9H2. The molecule has 0 amide bonds. The van der Waals surface area contributed by atoms with Crippen molar-refractivity contribution in [3.63, 3.8) is 0 Å². The van der Waals surface area contributed by atoms with Crippen molar-refractivity contribution in [2.45, 2.75) is 6.42 Å². The third kappa shape index (κ3) is 1.96. The summed E-state index contributed by atoms with van der Waals surface area (Å²) in [5, 5.41) is 18.1. The average molecular weight is 237 g/mol. The van der Waals surface area contributed by atoms with Crippen molar-refractivity contribution in [1.82, 2.24) is 0 Å². The van der Waals surface area contributed by atoms with Crippen LogP contribution in [0, 0.1) is 0 Å². The lowest BCUT2D eigenvalue weighted by Gasteiger charge is -2.03. The molecule has 1 aliphatic heterocycles. The highest BCUT2D eigenvalue weighted by Gasteiger charge is 2.16. The van der Waals surface area contributed by atoms with Crippen LogP contribution in [0.4, 0.5) is 5.69 Å². The highest BCUT2D eigenvalue weighted by Crippen LogP contribution is 2.27. The molecule has 0 unspecified atom stereocenters. The van der Waals surface area contributed by atoms with Gasteiger partial charge in [-0.1, -0.05) is 42.5 Å². The van der Waals surface area contributed by atoms with Gasteiger partial charge < -0.3 is 10.0 Å². The summed E-state index contributed by atoms with van der Waals surface area (Å²) in [6, 6.07) is 15.3. The smallest absolute Gasteiger partial charge is 0.423 e. The van der Waals surface area contributed by atoms with Gasteiger partial charge in [0.05, 0.1) is 11.4 Å². The van der Waals surface area contributed by atoms with E-state index in [1.54, 1.807) is 12.1 Å². The summed E-state index contributed by atoms with van der Waals surface area (Å²) in [6.07, 6.45) is 0.831. The molecule has 2 aromatic carbocycles. The molecule has 0 bridgehead atoms. The SMILES string of the molecule is OB(O)c1ccc(C2=Nc3ccccc3C2)cc1. The first-order valence-electron chi connectivity index (χ1n) is 5.86. The minimum atomic E-state index is -1.42. The predicted octanol–water partition coefficient (Wildman–Crippen LogP) is 1.04. The molecule has 0 saturated heterocycles. The molecule has 0 aliphatic carbocycles. The van der Waals surface area contributed by atoms with Gasteiger partial charge in [-0.2, -0.15) is 0 Å². The molecule has 1 heterocycles. The van der Waals surface area contributed by atoms with Crippen molar-refractivity contribution in [2.24, 2.45) is 4.99 Å². The van der Waals surface area contributed by atoms with E-state index in [-0.39, 0.29) is 0 Å². The minimum Gasteiger partial charge on any atom is -0.423 e. The molecule has 4 heteroatoms. The number of rotatable bonds is 2. The largest absolute Gasteiger partial charge is 0.488 e. The summed E-state index contributed by atoms with van der Waals surface area (Å²) in [5.41, 5.74) is 4.80. The lowest BCUT2D eigenvalue weighted by Crippen LogP contribution is -2.29. The fourth-order valence-corrected chi connectivity index (χ4v) is 2.15. The monoisotopic (exact) mass is 237 g/mol.